The van der Waals surface area contributed by atoms with Crippen molar-refractivity contribution in [3.8, 4) is 0 Å². The van der Waals surface area contributed by atoms with Gasteiger partial charge in [0.25, 0.3) is 12.3 Å². The third-order valence-electron chi connectivity index (χ3n) is 2.11. The number of halogens is 2. The molecule has 96 valence electrons. The molecule has 0 aliphatic heterocycles. The van der Waals surface area contributed by atoms with Crippen molar-refractivity contribution in [1.29, 1.82) is 0 Å². The van der Waals surface area contributed by atoms with Gasteiger partial charge in [0.1, 0.15) is 5.69 Å². The molecule has 1 atom stereocenters. The Labute approximate surface area is 96.7 Å². The molecule has 0 aromatic carbocycles. The summed E-state index contributed by atoms with van der Waals surface area (Å²) in [6.45, 7) is -1.16. The second-order valence-electron chi connectivity index (χ2n) is 3.48. The molecule has 3 N–H and O–H groups in total. The fourth-order valence-corrected chi connectivity index (χ4v) is 1.29. The Hall–Kier alpha value is -1.47. The molecule has 1 amide bonds. The van der Waals surface area contributed by atoms with E-state index in [0.29, 0.717) is 0 Å². The van der Waals surface area contributed by atoms with Crippen LogP contribution in [0.15, 0.2) is 18.3 Å². The number of aliphatic hydroxyl groups is 2. The lowest BCUT2D eigenvalue weighted by molar-refractivity contribution is 0.0789. The maximum absolute atomic E-state index is 12.2. The second kappa shape index (κ2) is 6.31. The van der Waals surface area contributed by atoms with Crippen LogP contribution in [0.3, 0.4) is 0 Å². The molecule has 1 unspecified atom stereocenters. The first-order chi connectivity index (χ1) is 8.04. The van der Waals surface area contributed by atoms with Crippen LogP contribution >= 0.6 is 0 Å². The zero-order valence-electron chi connectivity index (χ0n) is 9.01. The van der Waals surface area contributed by atoms with E-state index in [1.807, 2.05) is 0 Å². The average molecular weight is 248 g/mol. The molecular formula is C10H14F2N2O3. The predicted molar refractivity (Wildman–Crippen MR) is 55.9 cm³/mol. The standard InChI is InChI=1S/C10H14F2N2O3/c11-9(12)5-14-3-1-2-8(14)10(17)13-4-7(16)6-15/h1-3,7,9,15-16H,4-6H2,(H,13,17). The molecule has 1 heterocycles. The summed E-state index contributed by atoms with van der Waals surface area (Å²) < 4.78 is 25.5. The van der Waals surface area contributed by atoms with Gasteiger partial charge in [-0.3, -0.25) is 4.79 Å². The molecule has 0 radical (unpaired) electrons. The summed E-state index contributed by atoms with van der Waals surface area (Å²) in [5.41, 5.74) is 0.0930. The number of aliphatic hydroxyl groups excluding tert-OH is 2. The molecule has 0 spiro atoms. The van der Waals surface area contributed by atoms with Gasteiger partial charge >= 0.3 is 0 Å². The van der Waals surface area contributed by atoms with E-state index in [-0.39, 0.29) is 12.2 Å². The fraction of sp³-hybridized carbons (Fsp3) is 0.500. The number of carbonyl (C=O) groups is 1. The van der Waals surface area contributed by atoms with Crippen molar-refractivity contribution in [1.82, 2.24) is 9.88 Å². The van der Waals surface area contributed by atoms with Crippen LogP contribution in [-0.4, -0.2) is 46.4 Å². The van der Waals surface area contributed by atoms with Crippen molar-refractivity contribution >= 4 is 5.91 Å². The highest BCUT2D eigenvalue weighted by atomic mass is 19.3. The Kier molecular flexibility index (Phi) is 5.05. The topological polar surface area (TPSA) is 74.5 Å². The van der Waals surface area contributed by atoms with Crippen molar-refractivity contribution in [3.63, 3.8) is 0 Å². The number of aromatic nitrogens is 1. The number of alkyl halides is 2. The Morgan fingerprint density at radius 2 is 2.24 bits per heavy atom. The number of nitrogens with zero attached hydrogens (tertiary/aromatic N) is 1. The van der Waals surface area contributed by atoms with Crippen molar-refractivity contribution in [2.75, 3.05) is 13.2 Å². The Balaban J connectivity index is 2.59. The molecule has 0 saturated carbocycles. The van der Waals surface area contributed by atoms with Crippen molar-refractivity contribution in [2.24, 2.45) is 0 Å². The lowest BCUT2D eigenvalue weighted by Crippen LogP contribution is -2.35. The van der Waals surface area contributed by atoms with E-state index >= 15 is 0 Å². The number of hydrogen-bond donors (Lipinski definition) is 3. The van der Waals surface area contributed by atoms with Crippen LogP contribution < -0.4 is 5.32 Å². The van der Waals surface area contributed by atoms with Gasteiger partial charge in [-0.1, -0.05) is 0 Å². The quantitative estimate of drug-likeness (QED) is 0.654. The summed E-state index contributed by atoms with van der Waals surface area (Å²) in [7, 11) is 0. The van der Waals surface area contributed by atoms with Gasteiger partial charge in [-0.05, 0) is 12.1 Å². The van der Waals surface area contributed by atoms with Crippen LogP contribution in [0.2, 0.25) is 0 Å². The van der Waals surface area contributed by atoms with E-state index in [2.05, 4.69) is 5.32 Å². The Morgan fingerprint density at radius 1 is 1.53 bits per heavy atom. The number of hydrogen-bond acceptors (Lipinski definition) is 3. The van der Waals surface area contributed by atoms with Crippen molar-refractivity contribution in [2.45, 2.75) is 19.1 Å². The summed E-state index contributed by atoms with van der Waals surface area (Å²) in [5, 5.41) is 19.9. The first kappa shape index (κ1) is 13.6. The molecule has 1 aromatic rings. The number of carbonyl (C=O) groups excluding carboxylic acids is 1. The summed E-state index contributed by atoms with van der Waals surface area (Å²) in [5.74, 6) is -0.567. The minimum atomic E-state index is -2.54. The van der Waals surface area contributed by atoms with Crippen LogP contribution in [0, 0.1) is 0 Å². The molecule has 0 saturated heterocycles. The molecule has 0 aliphatic carbocycles. The smallest absolute Gasteiger partial charge is 0.267 e. The minimum absolute atomic E-state index is 0.0930. The molecule has 1 aromatic heterocycles. The number of rotatable bonds is 6. The summed E-state index contributed by atoms with van der Waals surface area (Å²) in [4.78, 5) is 11.6. The molecule has 1 rings (SSSR count). The number of nitrogens with one attached hydrogen (secondary N) is 1. The number of amides is 1. The predicted octanol–water partition coefficient (Wildman–Crippen LogP) is -0.164. The van der Waals surface area contributed by atoms with Crippen LogP contribution in [-0.2, 0) is 6.54 Å². The Morgan fingerprint density at radius 3 is 2.82 bits per heavy atom. The molecular weight excluding hydrogens is 234 g/mol. The van der Waals surface area contributed by atoms with Gasteiger partial charge in [0.15, 0.2) is 0 Å². The first-order valence-corrected chi connectivity index (χ1v) is 5.05. The van der Waals surface area contributed by atoms with Gasteiger partial charge in [-0.15, -0.1) is 0 Å². The second-order valence-corrected chi connectivity index (χ2v) is 3.48. The van der Waals surface area contributed by atoms with E-state index in [1.54, 1.807) is 0 Å². The molecule has 0 bridgehead atoms. The monoisotopic (exact) mass is 248 g/mol. The first-order valence-electron chi connectivity index (χ1n) is 5.05. The van der Waals surface area contributed by atoms with Crippen molar-refractivity contribution in [3.05, 3.63) is 24.0 Å². The fourth-order valence-electron chi connectivity index (χ4n) is 1.29. The summed E-state index contributed by atoms with van der Waals surface area (Å²) in [6, 6.07) is 2.89. The van der Waals surface area contributed by atoms with Crippen LogP contribution in [0.25, 0.3) is 0 Å². The largest absolute Gasteiger partial charge is 0.394 e. The highest BCUT2D eigenvalue weighted by Crippen LogP contribution is 2.06. The van der Waals surface area contributed by atoms with Crippen molar-refractivity contribution < 1.29 is 23.8 Å². The highest BCUT2D eigenvalue weighted by Gasteiger charge is 2.14. The highest BCUT2D eigenvalue weighted by molar-refractivity contribution is 5.92. The molecule has 7 heteroatoms. The summed E-state index contributed by atoms with van der Waals surface area (Å²) >= 11 is 0. The zero-order valence-corrected chi connectivity index (χ0v) is 9.01. The van der Waals surface area contributed by atoms with Gasteiger partial charge in [0.05, 0.1) is 19.3 Å². The maximum Gasteiger partial charge on any atom is 0.267 e. The van der Waals surface area contributed by atoms with Gasteiger partial charge < -0.3 is 20.1 Å². The molecule has 0 fully saturated rings. The minimum Gasteiger partial charge on any atom is -0.394 e. The van der Waals surface area contributed by atoms with Crippen LogP contribution in [0.4, 0.5) is 8.78 Å². The average Bonchev–Trinajstić information content (AvgIpc) is 2.72. The van der Waals surface area contributed by atoms with Crippen LogP contribution in [0.1, 0.15) is 10.5 Å². The molecule has 0 aliphatic rings. The lowest BCUT2D eigenvalue weighted by Gasteiger charge is -2.11. The SMILES string of the molecule is O=C(NCC(O)CO)c1cccn1CC(F)F. The Bertz CT molecular complexity index is 368. The zero-order chi connectivity index (χ0) is 12.8. The van der Waals surface area contributed by atoms with E-state index in [1.165, 1.54) is 18.3 Å². The summed E-state index contributed by atoms with van der Waals surface area (Å²) in [6.07, 6.45) is -2.22. The van der Waals surface area contributed by atoms with E-state index < -0.39 is 31.6 Å². The van der Waals surface area contributed by atoms with Gasteiger partial charge in [0, 0.05) is 12.7 Å². The van der Waals surface area contributed by atoms with Gasteiger partial charge in [0.2, 0.25) is 0 Å². The van der Waals surface area contributed by atoms with E-state index in [4.69, 9.17) is 10.2 Å². The lowest BCUT2D eigenvalue weighted by atomic mass is 10.3. The molecule has 5 nitrogen and oxygen atoms in total. The van der Waals surface area contributed by atoms with E-state index in [0.717, 1.165) is 4.57 Å². The van der Waals surface area contributed by atoms with Crippen LogP contribution in [0.5, 0.6) is 0 Å². The maximum atomic E-state index is 12.2. The molecule has 17 heavy (non-hydrogen) atoms. The van der Waals surface area contributed by atoms with E-state index in [9.17, 15) is 13.6 Å². The van der Waals surface area contributed by atoms with Gasteiger partial charge in [-0.25, -0.2) is 8.78 Å². The normalized spacial score (nSPS) is 12.8. The third kappa shape index (κ3) is 4.12. The van der Waals surface area contributed by atoms with Gasteiger partial charge in [-0.2, -0.15) is 0 Å². The third-order valence-corrected chi connectivity index (χ3v) is 2.11.